The first-order chi connectivity index (χ1) is 6.13. The lowest BCUT2D eigenvalue weighted by molar-refractivity contribution is 0.247. The minimum absolute atomic E-state index is 0.761. The zero-order chi connectivity index (χ0) is 10.3. The van der Waals surface area contributed by atoms with Crippen molar-refractivity contribution in [2.45, 2.75) is 33.6 Å². The van der Waals surface area contributed by atoms with E-state index in [4.69, 9.17) is 0 Å². The molecule has 0 aromatic rings. The fourth-order valence-corrected chi connectivity index (χ4v) is 1.87. The minimum atomic E-state index is 0.761. The van der Waals surface area contributed by atoms with Gasteiger partial charge in [-0.15, -0.1) is 0 Å². The fraction of sp³-hybridized carbons (Fsp3) is 1.00. The summed E-state index contributed by atoms with van der Waals surface area (Å²) in [6, 6.07) is 0. The first kappa shape index (κ1) is 13.3. The average Bonchev–Trinajstić information content (AvgIpc) is 2.13. The lowest BCUT2D eigenvalue weighted by Gasteiger charge is -2.24. The summed E-state index contributed by atoms with van der Waals surface area (Å²) in [7, 11) is 2.22. The second-order valence-electron chi connectivity index (χ2n) is 4.19. The van der Waals surface area contributed by atoms with E-state index < -0.39 is 0 Å². The van der Waals surface area contributed by atoms with Gasteiger partial charge in [-0.25, -0.2) is 0 Å². The zero-order valence-corrected chi connectivity index (χ0v) is 10.5. The molecule has 0 rings (SSSR count). The smallest absolute Gasteiger partial charge is 0.00144 e. The van der Waals surface area contributed by atoms with E-state index in [1.165, 1.54) is 25.9 Å². The first-order valence-corrected chi connectivity index (χ1v) is 6.06. The van der Waals surface area contributed by atoms with Crippen molar-refractivity contribution in [1.29, 1.82) is 0 Å². The van der Waals surface area contributed by atoms with Gasteiger partial charge >= 0.3 is 0 Å². The van der Waals surface area contributed by atoms with Crippen LogP contribution in [-0.4, -0.2) is 30.8 Å². The standard InChI is InChI=1S/C11H25NS/c1-5-10(3)7-12(4)8-11(6-2)9-13/h10-11,13H,5-9H2,1-4H3. The summed E-state index contributed by atoms with van der Waals surface area (Å²) in [4.78, 5) is 2.44. The average molecular weight is 203 g/mol. The van der Waals surface area contributed by atoms with E-state index in [1.807, 2.05) is 0 Å². The van der Waals surface area contributed by atoms with Gasteiger partial charge in [-0.2, -0.15) is 12.6 Å². The normalized spacial score (nSPS) is 16.2. The minimum Gasteiger partial charge on any atom is -0.306 e. The van der Waals surface area contributed by atoms with Crippen LogP contribution < -0.4 is 0 Å². The molecule has 0 amide bonds. The van der Waals surface area contributed by atoms with E-state index in [0.717, 1.165) is 17.6 Å². The molecule has 0 saturated carbocycles. The van der Waals surface area contributed by atoms with Crippen LogP contribution in [0.1, 0.15) is 33.6 Å². The third kappa shape index (κ3) is 6.39. The first-order valence-electron chi connectivity index (χ1n) is 5.43. The molecule has 0 spiro atoms. The maximum Gasteiger partial charge on any atom is 0.00144 e. The Hall–Kier alpha value is 0.310. The molecule has 0 heterocycles. The van der Waals surface area contributed by atoms with Crippen LogP contribution in [0.25, 0.3) is 0 Å². The Morgan fingerprint density at radius 1 is 1.15 bits per heavy atom. The van der Waals surface area contributed by atoms with E-state index >= 15 is 0 Å². The molecule has 0 aliphatic carbocycles. The number of hydrogen-bond acceptors (Lipinski definition) is 2. The van der Waals surface area contributed by atoms with Crippen LogP contribution in [0, 0.1) is 11.8 Å². The van der Waals surface area contributed by atoms with Gasteiger partial charge in [0.1, 0.15) is 0 Å². The maximum atomic E-state index is 4.36. The van der Waals surface area contributed by atoms with E-state index in [9.17, 15) is 0 Å². The van der Waals surface area contributed by atoms with Crippen molar-refractivity contribution in [3.8, 4) is 0 Å². The van der Waals surface area contributed by atoms with E-state index in [2.05, 4.69) is 45.3 Å². The van der Waals surface area contributed by atoms with Gasteiger partial charge in [-0.1, -0.05) is 33.6 Å². The van der Waals surface area contributed by atoms with Gasteiger partial charge in [-0.3, -0.25) is 0 Å². The summed E-state index contributed by atoms with van der Waals surface area (Å²) in [6.07, 6.45) is 2.52. The maximum absolute atomic E-state index is 4.36. The van der Waals surface area contributed by atoms with Crippen LogP contribution in [0.2, 0.25) is 0 Å². The Kier molecular flexibility index (Phi) is 7.87. The van der Waals surface area contributed by atoms with Crippen LogP contribution >= 0.6 is 12.6 Å². The molecule has 0 aliphatic rings. The molecule has 0 aromatic carbocycles. The predicted molar refractivity (Wildman–Crippen MR) is 64.6 cm³/mol. The van der Waals surface area contributed by atoms with Gasteiger partial charge < -0.3 is 4.90 Å². The fourth-order valence-electron chi connectivity index (χ4n) is 1.49. The van der Waals surface area contributed by atoms with Gasteiger partial charge in [0.25, 0.3) is 0 Å². The number of rotatable bonds is 7. The van der Waals surface area contributed by atoms with Crippen molar-refractivity contribution in [2.24, 2.45) is 11.8 Å². The van der Waals surface area contributed by atoms with Crippen molar-refractivity contribution in [2.75, 3.05) is 25.9 Å². The highest BCUT2D eigenvalue weighted by Gasteiger charge is 2.09. The molecule has 2 heteroatoms. The zero-order valence-electron chi connectivity index (χ0n) is 9.58. The highest BCUT2D eigenvalue weighted by atomic mass is 32.1. The van der Waals surface area contributed by atoms with Crippen LogP contribution in [0.15, 0.2) is 0 Å². The molecule has 0 aromatic heterocycles. The lowest BCUT2D eigenvalue weighted by Crippen LogP contribution is -2.30. The predicted octanol–water partition coefficient (Wildman–Crippen LogP) is 2.92. The Morgan fingerprint density at radius 2 is 1.77 bits per heavy atom. The Balaban J connectivity index is 3.65. The highest BCUT2D eigenvalue weighted by molar-refractivity contribution is 7.80. The van der Waals surface area contributed by atoms with Gasteiger partial charge in [0.2, 0.25) is 0 Å². The van der Waals surface area contributed by atoms with Gasteiger partial charge in [0, 0.05) is 13.1 Å². The lowest BCUT2D eigenvalue weighted by atomic mass is 10.1. The molecule has 0 aliphatic heterocycles. The van der Waals surface area contributed by atoms with E-state index in [0.29, 0.717) is 0 Å². The third-order valence-corrected chi connectivity index (χ3v) is 3.24. The SMILES string of the molecule is CCC(C)CN(C)CC(CC)CS. The number of hydrogen-bond donors (Lipinski definition) is 1. The highest BCUT2D eigenvalue weighted by Crippen LogP contribution is 2.09. The molecule has 0 fully saturated rings. The summed E-state index contributed by atoms with van der Waals surface area (Å²) in [5.41, 5.74) is 0. The Bertz CT molecular complexity index is 113. The molecule has 2 unspecified atom stereocenters. The summed E-state index contributed by atoms with van der Waals surface area (Å²) >= 11 is 4.36. The van der Waals surface area contributed by atoms with Gasteiger partial charge in [0.05, 0.1) is 0 Å². The topological polar surface area (TPSA) is 3.24 Å². The second-order valence-corrected chi connectivity index (χ2v) is 4.56. The van der Waals surface area contributed by atoms with Crippen molar-refractivity contribution >= 4 is 12.6 Å². The molecule has 0 bridgehead atoms. The number of thiol groups is 1. The molecule has 0 N–H and O–H groups in total. The Morgan fingerprint density at radius 3 is 2.15 bits per heavy atom. The quantitative estimate of drug-likeness (QED) is 0.623. The van der Waals surface area contributed by atoms with E-state index in [-0.39, 0.29) is 0 Å². The molecule has 0 saturated heterocycles. The van der Waals surface area contributed by atoms with Crippen molar-refractivity contribution in [1.82, 2.24) is 4.90 Å². The molecule has 13 heavy (non-hydrogen) atoms. The molecular weight excluding hydrogens is 178 g/mol. The molecule has 80 valence electrons. The van der Waals surface area contributed by atoms with Crippen LogP contribution in [0.3, 0.4) is 0 Å². The van der Waals surface area contributed by atoms with Crippen molar-refractivity contribution in [3.63, 3.8) is 0 Å². The largest absolute Gasteiger partial charge is 0.306 e. The second kappa shape index (κ2) is 7.69. The van der Waals surface area contributed by atoms with Gasteiger partial charge in [-0.05, 0) is 24.6 Å². The number of nitrogens with zero attached hydrogens (tertiary/aromatic N) is 1. The van der Waals surface area contributed by atoms with Crippen LogP contribution in [0.5, 0.6) is 0 Å². The molecule has 1 nitrogen and oxygen atoms in total. The summed E-state index contributed by atoms with van der Waals surface area (Å²) in [5, 5.41) is 0. The summed E-state index contributed by atoms with van der Waals surface area (Å²) in [5.74, 6) is 2.60. The van der Waals surface area contributed by atoms with Crippen molar-refractivity contribution < 1.29 is 0 Å². The molecular formula is C11H25NS. The summed E-state index contributed by atoms with van der Waals surface area (Å²) in [6.45, 7) is 9.25. The molecule has 0 radical (unpaired) electrons. The molecule has 2 atom stereocenters. The monoisotopic (exact) mass is 203 g/mol. The van der Waals surface area contributed by atoms with Crippen molar-refractivity contribution in [3.05, 3.63) is 0 Å². The van der Waals surface area contributed by atoms with Crippen LogP contribution in [-0.2, 0) is 0 Å². The van der Waals surface area contributed by atoms with E-state index in [1.54, 1.807) is 0 Å². The van der Waals surface area contributed by atoms with Gasteiger partial charge in [0.15, 0.2) is 0 Å². The summed E-state index contributed by atoms with van der Waals surface area (Å²) < 4.78 is 0. The Labute approximate surface area is 89.3 Å². The third-order valence-electron chi connectivity index (χ3n) is 2.73. The van der Waals surface area contributed by atoms with Crippen LogP contribution in [0.4, 0.5) is 0 Å².